The quantitative estimate of drug-likeness (QED) is 0.287. The molecule has 2 heterocycles. The Morgan fingerprint density at radius 3 is 2.55 bits per heavy atom. The van der Waals surface area contributed by atoms with Gasteiger partial charge >= 0.3 is 0 Å². The molecule has 0 radical (unpaired) electrons. The maximum atomic E-state index is 14.4. The average Bonchev–Trinajstić information content (AvgIpc) is 3.46. The third-order valence-corrected chi connectivity index (χ3v) is 8.06. The van der Waals surface area contributed by atoms with Crippen LogP contribution >= 0.6 is 0 Å². The molecule has 2 atom stereocenters. The lowest BCUT2D eigenvalue weighted by Gasteiger charge is -2.27. The summed E-state index contributed by atoms with van der Waals surface area (Å²) in [5.41, 5.74) is 4.44. The normalized spacial score (nSPS) is 15.9. The molecule has 1 aromatic heterocycles. The molecule has 212 valence electrons. The monoisotopic (exact) mass is 560 g/mol. The number of anilines is 2. The molecule has 0 saturated carbocycles. The Balaban J connectivity index is 1.47. The van der Waals surface area contributed by atoms with E-state index >= 15 is 0 Å². The molecule has 9 heteroatoms. The second-order valence-electron chi connectivity index (χ2n) is 10.7. The van der Waals surface area contributed by atoms with Crippen molar-refractivity contribution in [3.05, 3.63) is 102 Å². The lowest BCUT2D eigenvalue weighted by Crippen LogP contribution is -2.55. The maximum absolute atomic E-state index is 14.4. The van der Waals surface area contributed by atoms with E-state index in [9.17, 15) is 14.4 Å². The number of aromatic amines is 1. The second-order valence-corrected chi connectivity index (χ2v) is 10.7. The number of H-pyrrole nitrogens is 1. The first-order chi connectivity index (χ1) is 20.4. The number of rotatable bonds is 6. The van der Waals surface area contributed by atoms with E-state index in [1.807, 2.05) is 49.4 Å². The van der Waals surface area contributed by atoms with Gasteiger partial charge in [0, 0.05) is 10.9 Å². The molecule has 0 saturated heterocycles. The summed E-state index contributed by atoms with van der Waals surface area (Å²) in [7, 11) is 1.69. The zero-order chi connectivity index (χ0) is 29.4. The largest absolute Gasteiger partial charge is 0.341 e. The highest BCUT2D eigenvalue weighted by atomic mass is 16.2. The van der Waals surface area contributed by atoms with Gasteiger partial charge in [0.05, 0.1) is 42.2 Å². The van der Waals surface area contributed by atoms with E-state index in [2.05, 4.69) is 45.1 Å². The molecule has 42 heavy (non-hydrogen) atoms. The molecule has 6 rings (SSSR count). The van der Waals surface area contributed by atoms with Crippen LogP contribution in [0.2, 0.25) is 0 Å². The summed E-state index contributed by atoms with van der Waals surface area (Å²) in [6, 6.07) is 23.5. The summed E-state index contributed by atoms with van der Waals surface area (Å²) in [5.74, 6) is -0.893. The van der Waals surface area contributed by atoms with Crippen LogP contribution in [0.15, 0.2) is 85.1 Å². The zero-order valence-electron chi connectivity index (χ0n) is 23.7. The number of hydrogen-bond donors (Lipinski definition) is 3. The van der Waals surface area contributed by atoms with Gasteiger partial charge in [-0.1, -0.05) is 54.6 Å². The first-order valence-corrected chi connectivity index (χ1v) is 14.0. The number of amides is 3. The average molecular weight is 561 g/mol. The number of para-hydroxylation sites is 2. The molecule has 5 aromatic rings. The van der Waals surface area contributed by atoms with E-state index < -0.39 is 12.1 Å². The van der Waals surface area contributed by atoms with Crippen LogP contribution in [-0.2, 0) is 16.1 Å². The van der Waals surface area contributed by atoms with Crippen LogP contribution in [-0.4, -0.2) is 53.6 Å². The van der Waals surface area contributed by atoms with Gasteiger partial charge in [-0.05, 0) is 67.1 Å². The topological polar surface area (TPSA) is 110 Å². The Morgan fingerprint density at radius 2 is 1.74 bits per heavy atom. The van der Waals surface area contributed by atoms with Gasteiger partial charge in [-0.2, -0.15) is 5.10 Å². The number of aromatic nitrogens is 2. The summed E-state index contributed by atoms with van der Waals surface area (Å²) in [5, 5.41) is 15.9. The molecule has 1 aliphatic rings. The smallest absolute Gasteiger partial charge is 0.258 e. The summed E-state index contributed by atoms with van der Waals surface area (Å²) in [6.07, 6.45) is 1.70. The molecule has 3 amide bonds. The number of hydrogen-bond acceptors (Lipinski definition) is 5. The number of nitrogens with zero attached hydrogens (tertiary/aromatic N) is 3. The molecule has 2 unspecified atom stereocenters. The zero-order valence-corrected chi connectivity index (χ0v) is 23.7. The molecule has 1 aliphatic heterocycles. The van der Waals surface area contributed by atoms with Crippen LogP contribution in [0.1, 0.15) is 28.4 Å². The van der Waals surface area contributed by atoms with Crippen LogP contribution in [0, 0.1) is 6.92 Å². The number of fused-ring (bicyclic) bond motifs is 3. The van der Waals surface area contributed by atoms with Crippen molar-refractivity contribution in [3.8, 4) is 0 Å². The van der Waals surface area contributed by atoms with Gasteiger partial charge in [-0.15, -0.1) is 0 Å². The van der Waals surface area contributed by atoms with Crippen LogP contribution in [0.4, 0.5) is 11.4 Å². The number of likely N-dealkylation sites (N-methyl/N-ethyl adjacent to an activating group) is 1. The molecule has 0 aliphatic carbocycles. The van der Waals surface area contributed by atoms with E-state index in [4.69, 9.17) is 0 Å². The number of nitrogens with one attached hydrogen (secondary N) is 3. The number of carbonyl (C=O) groups excluding carboxylic acids is 3. The van der Waals surface area contributed by atoms with E-state index in [1.54, 1.807) is 42.1 Å². The highest BCUT2D eigenvalue weighted by Gasteiger charge is 2.38. The van der Waals surface area contributed by atoms with Gasteiger partial charge < -0.3 is 20.4 Å². The molecule has 9 nitrogen and oxygen atoms in total. The fourth-order valence-electron chi connectivity index (χ4n) is 5.52. The minimum absolute atomic E-state index is 0.0249. The fourth-order valence-corrected chi connectivity index (χ4v) is 5.52. The van der Waals surface area contributed by atoms with Gasteiger partial charge in [-0.25, -0.2) is 0 Å². The Kier molecular flexibility index (Phi) is 7.18. The predicted molar refractivity (Wildman–Crippen MR) is 165 cm³/mol. The molecular formula is C33H32N6O3. The van der Waals surface area contributed by atoms with E-state index in [0.29, 0.717) is 16.9 Å². The van der Waals surface area contributed by atoms with Gasteiger partial charge in [0.15, 0.2) is 0 Å². The summed E-state index contributed by atoms with van der Waals surface area (Å²) < 4.78 is 0. The van der Waals surface area contributed by atoms with Crippen molar-refractivity contribution in [2.24, 2.45) is 0 Å². The van der Waals surface area contributed by atoms with E-state index in [0.717, 1.165) is 32.8 Å². The molecule has 3 N–H and O–H groups in total. The van der Waals surface area contributed by atoms with Gasteiger partial charge in [-0.3, -0.25) is 19.5 Å². The third kappa shape index (κ3) is 4.88. The van der Waals surface area contributed by atoms with E-state index in [-0.39, 0.29) is 30.8 Å². The first-order valence-electron chi connectivity index (χ1n) is 14.0. The highest BCUT2D eigenvalue weighted by Crippen LogP contribution is 2.36. The van der Waals surface area contributed by atoms with Gasteiger partial charge in [0.2, 0.25) is 5.91 Å². The Bertz CT molecular complexity index is 1830. The molecule has 4 aromatic carbocycles. The standard InChI is InChI=1S/C33H32N6O3/c1-20-12-13-22-8-4-5-9-25(22)26(20)18-38-29-10-6-7-11-30(29)39(19-28(33(38)42)36-31(40)21(2)34-3)32(41)23-14-15-24-17-35-37-27(24)16-23/h4-17,21,28,34H,18-19H2,1-3H3,(H,35,37)(H,36,40). The number of benzene rings is 4. The summed E-state index contributed by atoms with van der Waals surface area (Å²) in [4.78, 5) is 44.9. The fraction of sp³-hybridized carbons (Fsp3) is 0.212. The van der Waals surface area contributed by atoms with Crippen LogP contribution in [0.3, 0.4) is 0 Å². The molecule has 0 fully saturated rings. The van der Waals surface area contributed by atoms with Crippen molar-refractivity contribution in [3.63, 3.8) is 0 Å². The summed E-state index contributed by atoms with van der Waals surface area (Å²) in [6.45, 7) is 4.01. The minimum atomic E-state index is -0.976. The Morgan fingerprint density at radius 1 is 1.00 bits per heavy atom. The van der Waals surface area contributed by atoms with Crippen LogP contribution < -0.4 is 20.4 Å². The maximum Gasteiger partial charge on any atom is 0.258 e. The first kappa shape index (κ1) is 27.2. The van der Waals surface area contributed by atoms with Crippen molar-refractivity contribution in [1.82, 2.24) is 20.8 Å². The minimum Gasteiger partial charge on any atom is -0.341 e. The molecular weight excluding hydrogens is 528 g/mol. The van der Waals surface area contributed by atoms with Crippen LogP contribution in [0.25, 0.3) is 21.7 Å². The van der Waals surface area contributed by atoms with Crippen molar-refractivity contribution in [1.29, 1.82) is 0 Å². The predicted octanol–water partition coefficient (Wildman–Crippen LogP) is 4.31. The lowest BCUT2D eigenvalue weighted by molar-refractivity contribution is -0.128. The second kappa shape index (κ2) is 11.1. The van der Waals surface area contributed by atoms with Gasteiger partial charge in [0.25, 0.3) is 11.8 Å². The van der Waals surface area contributed by atoms with Crippen molar-refractivity contribution in [2.45, 2.75) is 32.5 Å². The Hall–Kier alpha value is -5.02. The Labute approximate surface area is 243 Å². The number of aryl methyl sites for hydroxylation is 1. The SMILES string of the molecule is CNC(C)C(=O)NC1CN(C(=O)c2ccc3cn[nH]c3c2)c2ccccc2N(Cc2c(C)ccc3ccccc23)C1=O. The lowest BCUT2D eigenvalue weighted by atomic mass is 9.99. The summed E-state index contributed by atoms with van der Waals surface area (Å²) >= 11 is 0. The highest BCUT2D eigenvalue weighted by molar-refractivity contribution is 6.13. The number of carbonyl (C=O) groups is 3. The van der Waals surface area contributed by atoms with Crippen LogP contribution in [0.5, 0.6) is 0 Å². The van der Waals surface area contributed by atoms with Crippen molar-refractivity contribution < 1.29 is 14.4 Å². The van der Waals surface area contributed by atoms with Gasteiger partial charge in [0.1, 0.15) is 6.04 Å². The van der Waals surface area contributed by atoms with Crippen molar-refractivity contribution >= 4 is 50.8 Å². The third-order valence-electron chi connectivity index (χ3n) is 8.06. The van der Waals surface area contributed by atoms with Crippen molar-refractivity contribution in [2.75, 3.05) is 23.4 Å². The molecule has 0 bridgehead atoms. The molecule has 0 spiro atoms. The van der Waals surface area contributed by atoms with E-state index in [1.165, 1.54) is 0 Å².